The summed E-state index contributed by atoms with van der Waals surface area (Å²) in [5, 5.41) is 6.39. The van der Waals surface area contributed by atoms with E-state index < -0.39 is 0 Å². The van der Waals surface area contributed by atoms with Crippen LogP contribution in [0, 0.1) is 5.82 Å². The van der Waals surface area contributed by atoms with E-state index in [0.29, 0.717) is 12.5 Å². The molecule has 7 heteroatoms. The van der Waals surface area contributed by atoms with Crippen molar-refractivity contribution < 1.29 is 13.9 Å². The lowest BCUT2D eigenvalue weighted by atomic mass is 10.3. The smallest absolute Gasteiger partial charge is 0.191 e. The van der Waals surface area contributed by atoms with Crippen LogP contribution in [0.3, 0.4) is 0 Å². The second-order valence-electron chi connectivity index (χ2n) is 5.56. The summed E-state index contributed by atoms with van der Waals surface area (Å²) in [4.78, 5) is 4.16. The van der Waals surface area contributed by atoms with Crippen LogP contribution in [0.15, 0.2) is 29.3 Å². The molecule has 1 unspecified atom stereocenters. The molecule has 0 bridgehead atoms. The zero-order chi connectivity index (χ0) is 17.6. The fraction of sp³-hybridized carbons (Fsp3) is 0.611. The van der Waals surface area contributed by atoms with Gasteiger partial charge in [0, 0.05) is 26.8 Å². The monoisotopic (exact) mass is 467 g/mol. The van der Waals surface area contributed by atoms with Crippen LogP contribution in [0.2, 0.25) is 0 Å². The molecule has 0 saturated heterocycles. The lowest BCUT2D eigenvalue weighted by Crippen LogP contribution is -2.42. The zero-order valence-corrected chi connectivity index (χ0v) is 17.7. The topological polar surface area (TPSA) is 54.9 Å². The Morgan fingerprint density at radius 3 is 2.60 bits per heavy atom. The standard InChI is InChI=1S/C18H30FN3O2.HI/c1-4-5-12-23-13-8-11-21-18(20-3)22-14-15(2)24-17-10-7-6-9-16(17)19;/h6-7,9-10,15H,4-5,8,11-14H2,1-3H3,(H2,20,21,22);1H. The fourth-order valence-corrected chi connectivity index (χ4v) is 1.99. The third-order valence-electron chi connectivity index (χ3n) is 3.35. The van der Waals surface area contributed by atoms with Crippen molar-refractivity contribution in [2.24, 2.45) is 4.99 Å². The predicted molar refractivity (Wildman–Crippen MR) is 112 cm³/mol. The van der Waals surface area contributed by atoms with Gasteiger partial charge in [-0.2, -0.15) is 0 Å². The Balaban J connectivity index is 0.00000576. The summed E-state index contributed by atoms with van der Waals surface area (Å²) >= 11 is 0. The minimum Gasteiger partial charge on any atom is -0.486 e. The summed E-state index contributed by atoms with van der Waals surface area (Å²) in [5.41, 5.74) is 0. The molecule has 144 valence electrons. The average molecular weight is 467 g/mol. The van der Waals surface area contributed by atoms with Gasteiger partial charge in [-0.05, 0) is 31.9 Å². The fourth-order valence-electron chi connectivity index (χ4n) is 1.99. The van der Waals surface area contributed by atoms with E-state index in [-0.39, 0.29) is 41.6 Å². The molecule has 0 heterocycles. The predicted octanol–water partition coefficient (Wildman–Crippen LogP) is 3.58. The minimum absolute atomic E-state index is 0. The molecule has 0 fully saturated rings. The highest BCUT2D eigenvalue weighted by Gasteiger charge is 2.08. The first-order valence-electron chi connectivity index (χ1n) is 8.60. The highest BCUT2D eigenvalue weighted by Crippen LogP contribution is 2.16. The van der Waals surface area contributed by atoms with Crippen LogP contribution in [0.4, 0.5) is 4.39 Å². The van der Waals surface area contributed by atoms with Crippen molar-refractivity contribution in [2.45, 2.75) is 39.2 Å². The third-order valence-corrected chi connectivity index (χ3v) is 3.35. The number of unbranched alkanes of at least 4 members (excludes halogenated alkanes) is 1. The van der Waals surface area contributed by atoms with E-state index in [4.69, 9.17) is 9.47 Å². The van der Waals surface area contributed by atoms with Crippen molar-refractivity contribution >= 4 is 29.9 Å². The van der Waals surface area contributed by atoms with E-state index in [9.17, 15) is 4.39 Å². The Labute approximate surface area is 167 Å². The van der Waals surface area contributed by atoms with Crippen molar-refractivity contribution in [1.82, 2.24) is 10.6 Å². The van der Waals surface area contributed by atoms with Gasteiger partial charge in [-0.25, -0.2) is 4.39 Å². The lowest BCUT2D eigenvalue weighted by Gasteiger charge is -2.18. The number of halogens is 2. The number of rotatable bonds is 11. The number of nitrogens with zero attached hydrogens (tertiary/aromatic N) is 1. The largest absolute Gasteiger partial charge is 0.486 e. The first-order chi connectivity index (χ1) is 11.7. The first-order valence-corrected chi connectivity index (χ1v) is 8.60. The summed E-state index contributed by atoms with van der Waals surface area (Å²) in [7, 11) is 1.72. The molecule has 5 nitrogen and oxygen atoms in total. The van der Waals surface area contributed by atoms with Gasteiger partial charge in [0.1, 0.15) is 6.10 Å². The maximum atomic E-state index is 13.5. The Morgan fingerprint density at radius 1 is 1.20 bits per heavy atom. The van der Waals surface area contributed by atoms with Gasteiger partial charge < -0.3 is 20.1 Å². The Kier molecular flexibility index (Phi) is 14.5. The summed E-state index contributed by atoms with van der Waals surface area (Å²) in [5.74, 6) is 0.612. The normalized spacial score (nSPS) is 12.2. The SMILES string of the molecule is CCCCOCCCNC(=NC)NCC(C)Oc1ccccc1F.I. The molecule has 0 amide bonds. The van der Waals surface area contributed by atoms with Crippen LogP contribution in [-0.4, -0.2) is 45.4 Å². The quantitative estimate of drug-likeness (QED) is 0.226. The first kappa shape index (κ1) is 23.9. The summed E-state index contributed by atoms with van der Waals surface area (Å²) < 4.78 is 24.6. The van der Waals surface area contributed by atoms with E-state index in [0.717, 1.165) is 39.0 Å². The summed E-state index contributed by atoms with van der Waals surface area (Å²) in [6.07, 6.45) is 3.00. The van der Waals surface area contributed by atoms with Crippen molar-refractivity contribution in [1.29, 1.82) is 0 Å². The van der Waals surface area contributed by atoms with Crippen LogP contribution >= 0.6 is 24.0 Å². The third kappa shape index (κ3) is 11.2. The van der Waals surface area contributed by atoms with Crippen LogP contribution in [0.25, 0.3) is 0 Å². The molecule has 2 N–H and O–H groups in total. The second-order valence-corrected chi connectivity index (χ2v) is 5.56. The van der Waals surface area contributed by atoms with Crippen molar-refractivity contribution in [3.05, 3.63) is 30.1 Å². The van der Waals surface area contributed by atoms with Gasteiger partial charge in [0.15, 0.2) is 17.5 Å². The Morgan fingerprint density at radius 2 is 1.92 bits per heavy atom. The molecule has 0 aliphatic carbocycles. The molecular formula is C18H31FIN3O2. The number of aliphatic imine (C=N–C) groups is 1. The highest BCUT2D eigenvalue weighted by molar-refractivity contribution is 14.0. The van der Waals surface area contributed by atoms with E-state index in [2.05, 4.69) is 22.5 Å². The molecule has 0 aromatic heterocycles. The van der Waals surface area contributed by atoms with Crippen LogP contribution in [0.1, 0.15) is 33.1 Å². The summed E-state index contributed by atoms with van der Waals surface area (Å²) in [6.45, 7) is 6.92. The molecular weight excluding hydrogens is 436 g/mol. The number of nitrogens with one attached hydrogen (secondary N) is 2. The van der Waals surface area contributed by atoms with Crippen molar-refractivity contribution in [3.63, 3.8) is 0 Å². The van der Waals surface area contributed by atoms with Crippen molar-refractivity contribution in [2.75, 3.05) is 33.4 Å². The molecule has 1 rings (SSSR count). The van der Waals surface area contributed by atoms with E-state index in [1.165, 1.54) is 6.07 Å². The van der Waals surface area contributed by atoms with Crippen molar-refractivity contribution in [3.8, 4) is 5.75 Å². The lowest BCUT2D eigenvalue weighted by molar-refractivity contribution is 0.129. The van der Waals surface area contributed by atoms with Gasteiger partial charge in [-0.15, -0.1) is 24.0 Å². The molecule has 0 aliphatic heterocycles. The molecule has 0 saturated carbocycles. The van der Waals surface area contributed by atoms with E-state index in [1.807, 2.05) is 6.92 Å². The van der Waals surface area contributed by atoms with Gasteiger partial charge in [0.05, 0.1) is 6.54 Å². The number of hydrogen-bond donors (Lipinski definition) is 2. The van der Waals surface area contributed by atoms with Gasteiger partial charge in [0.25, 0.3) is 0 Å². The molecule has 25 heavy (non-hydrogen) atoms. The molecule has 1 atom stereocenters. The number of ether oxygens (including phenoxy) is 2. The van der Waals surface area contributed by atoms with Gasteiger partial charge in [0.2, 0.25) is 0 Å². The van der Waals surface area contributed by atoms with Gasteiger partial charge in [-0.3, -0.25) is 4.99 Å². The van der Waals surface area contributed by atoms with E-state index in [1.54, 1.807) is 25.2 Å². The van der Waals surface area contributed by atoms with Gasteiger partial charge >= 0.3 is 0 Å². The maximum absolute atomic E-state index is 13.5. The number of benzene rings is 1. The maximum Gasteiger partial charge on any atom is 0.191 e. The van der Waals surface area contributed by atoms with Crippen LogP contribution in [-0.2, 0) is 4.74 Å². The van der Waals surface area contributed by atoms with Crippen LogP contribution < -0.4 is 15.4 Å². The van der Waals surface area contributed by atoms with Gasteiger partial charge in [-0.1, -0.05) is 25.5 Å². The molecule has 1 aromatic rings. The number of para-hydroxylation sites is 1. The number of guanidine groups is 1. The average Bonchev–Trinajstić information content (AvgIpc) is 2.58. The van der Waals surface area contributed by atoms with E-state index >= 15 is 0 Å². The molecule has 0 aliphatic rings. The highest BCUT2D eigenvalue weighted by atomic mass is 127. The zero-order valence-electron chi connectivity index (χ0n) is 15.4. The Bertz CT molecular complexity index is 489. The minimum atomic E-state index is -0.352. The molecule has 0 radical (unpaired) electrons. The molecule has 0 spiro atoms. The molecule has 1 aromatic carbocycles. The number of hydrogen-bond acceptors (Lipinski definition) is 3. The second kappa shape index (κ2) is 15.2. The summed E-state index contributed by atoms with van der Waals surface area (Å²) in [6, 6.07) is 6.40. The van der Waals surface area contributed by atoms with Crippen LogP contribution in [0.5, 0.6) is 5.75 Å². The Hall–Kier alpha value is -1.09.